The van der Waals surface area contributed by atoms with Crippen LogP contribution in [-0.2, 0) is 5.41 Å². The van der Waals surface area contributed by atoms with Gasteiger partial charge in [-0.2, -0.15) is 5.10 Å². The van der Waals surface area contributed by atoms with Crippen molar-refractivity contribution in [2.75, 3.05) is 7.11 Å². The molecule has 0 aliphatic heterocycles. The Labute approximate surface area is 185 Å². The number of para-hydroxylation sites is 1. The van der Waals surface area contributed by atoms with Crippen LogP contribution in [-0.4, -0.2) is 32.1 Å². The number of hydrogen-bond acceptors (Lipinski definition) is 5. The van der Waals surface area contributed by atoms with Gasteiger partial charge >= 0.3 is 0 Å². The molecule has 0 spiro atoms. The highest BCUT2D eigenvalue weighted by Gasteiger charge is 2.30. The lowest BCUT2D eigenvalue weighted by Gasteiger charge is -2.18. The number of rotatable bonds is 4. The van der Waals surface area contributed by atoms with Crippen molar-refractivity contribution >= 4 is 10.9 Å². The average Bonchev–Trinajstić information content (AvgIpc) is 3.51. The zero-order valence-electron chi connectivity index (χ0n) is 18.4. The number of benzene rings is 2. The fraction of sp³-hybridized carbons (Fsp3) is 0.200. The summed E-state index contributed by atoms with van der Waals surface area (Å²) in [5.74, 6) is 0.817. The van der Waals surface area contributed by atoms with Gasteiger partial charge in [-0.1, -0.05) is 50.2 Å². The summed E-state index contributed by atoms with van der Waals surface area (Å²) in [7, 11) is 1.65. The lowest BCUT2D eigenvalue weighted by atomic mass is 9.89. The Balaban J connectivity index is 1.81. The van der Waals surface area contributed by atoms with Gasteiger partial charge in [0.05, 0.1) is 30.1 Å². The largest absolute Gasteiger partial charge is 0.496 e. The van der Waals surface area contributed by atoms with E-state index in [2.05, 4.69) is 36.1 Å². The van der Waals surface area contributed by atoms with E-state index in [1.165, 1.54) is 0 Å². The van der Waals surface area contributed by atoms with Gasteiger partial charge < -0.3 is 14.4 Å². The van der Waals surface area contributed by atoms with Crippen molar-refractivity contribution in [2.24, 2.45) is 0 Å². The Bertz CT molecular complexity index is 1390. The highest BCUT2D eigenvalue weighted by molar-refractivity contribution is 6.02. The topological polar surface area (TPSA) is 89.1 Å². The van der Waals surface area contributed by atoms with Gasteiger partial charge in [0.2, 0.25) is 5.88 Å². The SMILES string of the molecule is COc1ccccc1-c1c2c(C(C)(C)C)n[nH]c2c(O)n1-c1ccc(-c2cnoc2)cc1. The summed E-state index contributed by atoms with van der Waals surface area (Å²) in [6.45, 7) is 6.32. The number of nitrogens with zero attached hydrogens (tertiary/aromatic N) is 3. The van der Waals surface area contributed by atoms with Crippen molar-refractivity contribution in [3.05, 3.63) is 66.7 Å². The summed E-state index contributed by atoms with van der Waals surface area (Å²) in [5, 5.41) is 23.6. The van der Waals surface area contributed by atoms with Crippen LogP contribution in [0, 0.1) is 0 Å². The number of aromatic amines is 1. The molecule has 0 amide bonds. The Kier molecular flexibility index (Phi) is 4.55. The van der Waals surface area contributed by atoms with Crippen LogP contribution in [0.2, 0.25) is 0 Å². The van der Waals surface area contributed by atoms with E-state index in [9.17, 15) is 5.11 Å². The number of H-pyrrole nitrogens is 1. The second-order valence-electron chi connectivity index (χ2n) is 8.74. The van der Waals surface area contributed by atoms with Crippen LogP contribution in [0.3, 0.4) is 0 Å². The number of hydrogen-bond donors (Lipinski definition) is 2. The maximum Gasteiger partial charge on any atom is 0.222 e. The summed E-state index contributed by atoms with van der Waals surface area (Å²) in [4.78, 5) is 0. The minimum Gasteiger partial charge on any atom is -0.496 e. The van der Waals surface area contributed by atoms with Gasteiger partial charge in [0, 0.05) is 22.2 Å². The lowest BCUT2D eigenvalue weighted by molar-refractivity contribution is 0.416. The number of nitrogens with one attached hydrogen (secondary N) is 1. The number of methoxy groups -OCH3 is 1. The Morgan fingerprint density at radius 2 is 1.78 bits per heavy atom. The van der Waals surface area contributed by atoms with E-state index in [0.717, 1.165) is 44.9 Å². The number of aromatic hydroxyl groups is 1. The van der Waals surface area contributed by atoms with Gasteiger partial charge in [0.15, 0.2) is 0 Å². The molecule has 0 aliphatic rings. The summed E-state index contributed by atoms with van der Waals surface area (Å²) < 4.78 is 12.5. The zero-order chi connectivity index (χ0) is 22.5. The lowest BCUT2D eigenvalue weighted by Crippen LogP contribution is -2.12. The molecule has 0 aliphatic carbocycles. The second-order valence-corrected chi connectivity index (χ2v) is 8.74. The van der Waals surface area contributed by atoms with Crippen molar-refractivity contribution < 1.29 is 14.4 Å². The summed E-state index contributed by atoms with van der Waals surface area (Å²) in [5.41, 5.74) is 5.62. The summed E-state index contributed by atoms with van der Waals surface area (Å²) in [6.07, 6.45) is 3.28. The molecule has 0 atom stereocenters. The Morgan fingerprint density at radius 1 is 1.03 bits per heavy atom. The molecule has 0 fully saturated rings. The van der Waals surface area contributed by atoms with Gasteiger partial charge in [-0.05, 0) is 29.8 Å². The zero-order valence-corrected chi connectivity index (χ0v) is 18.4. The molecular weight excluding hydrogens is 404 g/mol. The summed E-state index contributed by atoms with van der Waals surface area (Å²) in [6, 6.07) is 15.7. The smallest absolute Gasteiger partial charge is 0.222 e. The van der Waals surface area contributed by atoms with Gasteiger partial charge in [-0.15, -0.1) is 0 Å². The highest BCUT2D eigenvalue weighted by Crippen LogP contribution is 2.46. The first-order valence-corrected chi connectivity index (χ1v) is 10.4. The molecule has 0 unspecified atom stereocenters. The fourth-order valence-corrected chi connectivity index (χ4v) is 4.10. The summed E-state index contributed by atoms with van der Waals surface area (Å²) >= 11 is 0. The first-order chi connectivity index (χ1) is 15.4. The van der Waals surface area contributed by atoms with Gasteiger partial charge in [0.1, 0.15) is 17.5 Å². The minimum atomic E-state index is -0.230. The Hall–Kier alpha value is -4.00. The van der Waals surface area contributed by atoms with Crippen LogP contribution in [0.15, 0.2) is 65.5 Å². The van der Waals surface area contributed by atoms with Crippen LogP contribution in [0.4, 0.5) is 0 Å². The van der Waals surface area contributed by atoms with E-state index < -0.39 is 0 Å². The molecule has 162 valence electrons. The minimum absolute atomic E-state index is 0.0987. The molecule has 32 heavy (non-hydrogen) atoms. The molecule has 2 N–H and O–H groups in total. The molecule has 0 saturated carbocycles. The average molecular weight is 428 g/mol. The maximum atomic E-state index is 11.3. The van der Waals surface area contributed by atoms with E-state index >= 15 is 0 Å². The first-order valence-electron chi connectivity index (χ1n) is 10.4. The van der Waals surface area contributed by atoms with Crippen molar-refractivity contribution in [3.8, 4) is 39.7 Å². The van der Waals surface area contributed by atoms with Gasteiger partial charge in [-0.3, -0.25) is 9.67 Å². The third kappa shape index (κ3) is 3.05. The molecule has 7 heteroatoms. The third-order valence-corrected chi connectivity index (χ3v) is 5.63. The molecule has 7 nitrogen and oxygen atoms in total. The van der Waals surface area contributed by atoms with Crippen molar-refractivity contribution in [2.45, 2.75) is 26.2 Å². The second kappa shape index (κ2) is 7.30. The molecule has 3 aromatic heterocycles. The highest BCUT2D eigenvalue weighted by atomic mass is 16.5. The molecule has 2 aromatic carbocycles. The van der Waals surface area contributed by atoms with E-state index in [1.807, 2.05) is 53.1 Å². The van der Waals surface area contributed by atoms with Crippen molar-refractivity contribution in [1.82, 2.24) is 19.9 Å². The fourth-order valence-electron chi connectivity index (χ4n) is 4.10. The van der Waals surface area contributed by atoms with Crippen LogP contribution >= 0.6 is 0 Å². The number of fused-ring (bicyclic) bond motifs is 1. The normalized spacial score (nSPS) is 11.9. The molecule has 5 rings (SSSR count). The molecule has 0 radical (unpaired) electrons. The molecule has 3 heterocycles. The molecule has 5 aromatic rings. The quantitative estimate of drug-likeness (QED) is 0.384. The van der Waals surface area contributed by atoms with Crippen LogP contribution in [0.25, 0.3) is 39.0 Å². The molecular formula is C25H24N4O3. The van der Waals surface area contributed by atoms with E-state index in [0.29, 0.717) is 5.52 Å². The van der Waals surface area contributed by atoms with Crippen LogP contribution in [0.5, 0.6) is 11.6 Å². The van der Waals surface area contributed by atoms with E-state index in [4.69, 9.17) is 9.26 Å². The van der Waals surface area contributed by atoms with Crippen LogP contribution in [0.1, 0.15) is 26.5 Å². The maximum absolute atomic E-state index is 11.3. The van der Waals surface area contributed by atoms with Gasteiger partial charge in [-0.25, -0.2) is 0 Å². The standard InChI is InChI=1S/C25H24N4O3/c1-25(2,3)23-20-21(27-28-23)24(30)29(22(20)18-7-5-6-8-19(18)31-4)17-11-9-15(10-12-17)16-13-26-32-14-16/h5-14,27,30H,1-4H3. The van der Waals surface area contributed by atoms with Gasteiger partial charge in [0.25, 0.3) is 0 Å². The molecule has 0 bridgehead atoms. The third-order valence-electron chi connectivity index (χ3n) is 5.63. The van der Waals surface area contributed by atoms with Crippen molar-refractivity contribution in [3.63, 3.8) is 0 Å². The predicted octanol–water partition coefficient (Wildman–Crippen LogP) is 5.69. The molecule has 0 saturated heterocycles. The monoisotopic (exact) mass is 428 g/mol. The number of ether oxygens (including phenoxy) is 1. The Morgan fingerprint density at radius 3 is 2.44 bits per heavy atom. The van der Waals surface area contributed by atoms with E-state index in [-0.39, 0.29) is 11.3 Å². The van der Waals surface area contributed by atoms with Crippen LogP contribution < -0.4 is 4.74 Å². The number of aromatic nitrogens is 4. The predicted molar refractivity (Wildman–Crippen MR) is 123 cm³/mol. The van der Waals surface area contributed by atoms with E-state index in [1.54, 1.807) is 19.6 Å². The van der Waals surface area contributed by atoms with Crippen molar-refractivity contribution in [1.29, 1.82) is 0 Å². The first kappa shape index (κ1) is 19.9.